The lowest BCUT2D eigenvalue weighted by atomic mass is 9.90. The van der Waals surface area contributed by atoms with Crippen molar-refractivity contribution >= 4 is 17.8 Å². The maximum atomic E-state index is 12.0. The van der Waals surface area contributed by atoms with Gasteiger partial charge in [-0.2, -0.15) is 0 Å². The van der Waals surface area contributed by atoms with Crippen LogP contribution in [-0.2, 0) is 9.53 Å². The number of carbonyl (C=O) groups is 2. The first-order valence-corrected chi connectivity index (χ1v) is 10.1. The van der Waals surface area contributed by atoms with Gasteiger partial charge in [-0.05, 0) is 73.4 Å². The molecule has 0 N–H and O–H groups in total. The summed E-state index contributed by atoms with van der Waals surface area (Å²) >= 11 is 0. The Balaban J connectivity index is 1.95. The van der Waals surface area contributed by atoms with Crippen LogP contribution in [0.15, 0.2) is 60.2 Å². The van der Waals surface area contributed by atoms with Gasteiger partial charge in [-0.25, -0.2) is 4.79 Å². The van der Waals surface area contributed by atoms with Crippen LogP contribution >= 0.6 is 0 Å². The SMILES string of the molecule is CCCC/C(=C(/C=O)CCCCOC(=O)c1ccccc1)c1ccccc1C. The average molecular weight is 379 g/mol. The summed E-state index contributed by atoms with van der Waals surface area (Å²) in [6.07, 6.45) is 6.35. The molecule has 2 rings (SSSR count). The van der Waals surface area contributed by atoms with Gasteiger partial charge in [0, 0.05) is 0 Å². The Kier molecular flexibility index (Phi) is 9.20. The number of aldehydes is 1. The first-order valence-electron chi connectivity index (χ1n) is 10.1. The van der Waals surface area contributed by atoms with Gasteiger partial charge in [0.1, 0.15) is 6.29 Å². The second-order valence-electron chi connectivity index (χ2n) is 7.00. The number of rotatable bonds is 11. The number of carbonyl (C=O) groups excluding carboxylic acids is 2. The average Bonchev–Trinajstić information content (AvgIpc) is 2.73. The fourth-order valence-corrected chi connectivity index (χ4v) is 3.25. The zero-order valence-electron chi connectivity index (χ0n) is 16.9. The second kappa shape index (κ2) is 11.9. The summed E-state index contributed by atoms with van der Waals surface area (Å²) in [4.78, 5) is 23.8. The van der Waals surface area contributed by atoms with E-state index in [0.717, 1.165) is 49.5 Å². The minimum atomic E-state index is -0.296. The molecule has 0 heterocycles. The van der Waals surface area contributed by atoms with Crippen LogP contribution in [0.5, 0.6) is 0 Å². The highest BCUT2D eigenvalue weighted by Gasteiger charge is 2.11. The van der Waals surface area contributed by atoms with Crippen LogP contribution in [0.1, 0.15) is 66.9 Å². The molecule has 2 aromatic carbocycles. The molecule has 3 nitrogen and oxygen atoms in total. The highest BCUT2D eigenvalue weighted by atomic mass is 16.5. The third-order valence-corrected chi connectivity index (χ3v) is 4.86. The zero-order chi connectivity index (χ0) is 20.2. The summed E-state index contributed by atoms with van der Waals surface area (Å²) in [5.41, 5.74) is 4.98. The van der Waals surface area contributed by atoms with E-state index in [4.69, 9.17) is 4.74 Å². The normalized spacial score (nSPS) is 11.6. The maximum Gasteiger partial charge on any atom is 0.338 e. The monoisotopic (exact) mass is 378 g/mol. The third-order valence-electron chi connectivity index (χ3n) is 4.86. The zero-order valence-corrected chi connectivity index (χ0v) is 16.9. The van der Waals surface area contributed by atoms with Crippen LogP contribution in [-0.4, -0.2) is 18.9 Å². The van der Waals surface area contributed by atoms with Crippen molar-refractivity contribution in [2.24, 2.45) is 0 Å². The molecule has 0 amide bonds. The molecular formula is C25H30O3. The van der Waals surface area contributed by atoms with E-state index in [9.17, 15) is 9.59 Å². The molecule has 0 aliphatic rings. The lowest BCUT2D eigenvalue weighted by molar-refractivity contribution is -0.105. The van der Waals surface area contributed by atoms with E-state index < -0.39 is 0 Å². The number of esters is 1. The molecule has 0 atom stereocenters. The standard InChI is InChI=1S/C25H30O3/c1-3-4-16-24(23-17-9-8-12-20(23)2)22(19-26)15-10-11-18-28-25(27)21-13-6-5-7-14-21/h5-9,12-14,17,19H,3-4,10-11,15-16,18H2,1-2H3/b24-22-. The lowest BCUT2D eigenvalue weighted by Gasteiger charge is -2.14. The maximum absolute atomic E-state index is 12.0. The predicted molar refractivity (Wildman–Crippen MR) is 114 cm³/mol. The molecule has 28 heavy (non-hydrogen) atoms. The molecule has 0 saturated heterocycles. The lowest BCUT2D eigenvalue weighted by Crippen LogP contribution is -2.06. The molecule has 148 valence electrons. The number of aryl methyl sites for hydroxylation is 1. The molecule has 0 radical (unpaired) electrons. The van der Waals surface area contributed by atoms with E-state index in [0.29, 0.717) is 18.6 Å². The van der Waals surface area contributed by atoms with E-state index in [-0.39, 0.29) is 5.97 Å². The van der Waals surface area contributed by atoms with Gasteiger partial charge >= 0.3 is 5.97 Å². The largest absolute Gasteiger partial charge is 0.462 e. The Bertz CT molecular complexity index is 790. The van der Waals surface area contributed by atoms with Gasteiger partial charge in [0.2, 0.25) is 0 Å². The van der Waals surface area contributed by atoms with Crippen molar-refractivity contribution in [3.05, 3.63) is 76.9 Å². The highest BCUT2D eigenvalue weighted by molar-refractivity contribution is 5.89. The van der Waals surface area contributed by atoms with Crippen LogP contribution in [0, 0.1) is 6.92 Å². The van der Waals surface area contributed by atoms with Crippen molar-refractivity contribution in [1.82, 2.24) is 0 Å². The number of hydrogen-bond donors (Lipinski definition) is 0. The van der Waals surface area contributed by atoms with Crippen LogP contribution < -0.4 is 0 Å². The first kappa shape index (κ1) is 21.6. The topological polar surface area (TPSA) is 43.4 Å². The van der Waals surface area contributed by atoms with E-state index in [1.807, 2.05) is 30.3 Å². The Morgan fingerprint density at radius 2 is 1.64 bits per heavy atom. The van der Waals surface area contributed by atoms with Gasteiger partial charge in [-0.1, -0.05) is 55.8 Å². The molecule has 0 aromatic heterocycles. The van der Waals surface area contributed by atoms with Crippen molar-refractivity contribution in [2.75, 3.05) is 6.61 Å². The molecule has 0 fully saturated rings. The fourth-order valence-electron chi connectivity index (χ4n) is 3.25. The predicted octanol–water partition coefficient (Wildman–Crippen LogP) is 6.17. The summed E-state index contributed by atoms with van der Waals surface area (Å²) in [5.74, 6) is -0.296. The van der Waals surface area contributed by atoms with Crippen molar-refractivity contribution in [3.8, 4) is 0 Å². The van der Waals surface area contributed by atoms with Crippen LogP contribution in [0.2, 0.25) is 0 Å². The summed E-state index contributed by atoms with van der Waals surface area (Å²) in [6.45, 7) is 4.62. The van der Waals surface area contributed by atoms with Gasteiger partial charge in [0.05, 0.1) is 12.2 Å². The Morgan fingerprint density at radius 3 is 2.32 bits per heavy atom. The van der Waals surface area contributed by atoms with Gasteiger partial charge in [-0.3, -0.25) is 4.79 Å². The summed E-state index contributed by atoms with van der Waals surface area (Å²) in [5, 5.41) is 0. The molecular weight excluding hydrogens is 348 g/mol. The van der Waals surface area contributed by atoms with Crippen molar-refractivity contribution in [1.29, 1.82) is 0 Å². The minimum Gasteiger partial charge on any atom is -0.462 e. The smallest absolute Gasteiger partial charge is 0.338 e. The molecule has 0 aliphatic heterocycles. The van der Waals surface area contributed by atoms with Crippen molar-refractivity contribution in [2.45, 2.75) is 52.4 Å². The van der Waals surface area contributed by atoms with Crippen molar-refractivity contribution in [3.63, 3.8) is 0 Å². The Hall–Kier alpha value is -2.68. The molecule has 0 saturated carbocycles. The fraction of sp³-hybridized carbons (Fsp3) is 0.360. The number of benzene rings is 2. The molecule has 0 unspecified atom stereocenters. The van der Waals surface area contributed by atoms with E-state index in [1.54, 1.807) is 12.1 Å². The third kappa shape index (κ3) is 6.49. The van der Waals surface area contributed by atoms with Gasteiger partial charge in [0.15, 0.2) is 0 Å². The first-order chi connectivity index (χ1) is 13.7. The molecule has 0 aliphatic carbocycles. The summed E-state index contributed by atoms with van der Waals surface area (Å²) in [7, 11) is 0. The highest BCUT2D eigenvalue weighted by Crippen LogP contribution is 2.28. The number of unbranched alkanes of at least 4 members (excludes halogenated alkanes) is 2. The number of hydrogen-bond acceptors (Lipinski definition) is 3. The second-order valence-corrected chi connectivity index (χ2v) is 7.00. The molecule has 3 heteroatoms. The molecule has 0 bridgehead atoms. The number of allylic oxidation sites excluding steroid dienone is 2. The van der Waals surface area contributed by atoms with E-state index in [2.05, 4.69) is 26.0 Å². The van der Waals surface area contributed by atoms with Gasteiger partial charge in [0.25, 0.3) is 0 Å². The Morgan fingerprint density at radius 1 is 0.929 bits per heavy atom. The van der Waals surface area contributed by atoms with Crippen LogP contribution in [0.25, 0.3) is 5.57 Å². The Labute approximate surface area is 168 Å². The van der Waals surface area contributed by atoms with Crippen LogP contribution in [0.4, 0.5) is 0 Å². The summed E-state index contributed by atoms with van der Waals surface area (Å²) in [6, 6.07) is 17.3. The minimum absolute atomic E-state index is 0.296. The van der Waals surface area contributed by atoms with E-state index >= 15 is 0 Å². The van der Waals surface area contributed by atoms with Crippen LogP contribution in [0.3, 0.4) is 0 Å². The molecule has 2 aromatic rings. The molecule has 0 spiro atoms. The van der Waals surface area contributed by atoms with E-state index in [1.165, 1.54) is 11.1 Å². The number of ether oxygens (including phenoxy) is 1. The van der Waals surface area contributed by atoms with Gasteiger partial charge < -0.3 is 4.74 Å². The summed E-state index contributed by atoms with van der Waals surface area (Å²) < 4.78 is 5.33. The van der Waals surface area contributed by atoms with Crippen molar-refractivity contribution < 1.29 is 14.3 Å². The quantitative estimate of drug-likeness (QED) is 0.203. The van der Waals surface area contributed by atoms with Gasteiger partial charge in [-0.15, -0.1) is 0 Å².